The Bertz CT molecular complexity index is 687. The van der Waals surface area contributed by atoms with E-state index in [2.05, 4.69) is 51.4 Å². The Hall–Kier alpha value is -1.61. The highest BCUT2D eigenvalue weighted by Crippen LogP contribution is 2.09. The number of hydrogen-bond donors (Lipinski definition) is 2. The zero-order chi connectivity index (χ0) is 18.6. The SMILES string of the molecule is CCNC(=NCc1cccc(Cn2ccnc2C)c1)NCCCOCC.I. The average Bonchev–Trinajstić information content (AvgIpc) is 3.04. The normalized spacial score (nSPS) is 11.1. The van der Waals surface area contributed by atoms with Crippen molar-refractivity contribution in [3.05, 3.63) is 53.6 Å². The molecule has 27 heavy (non-hydrogen) atoms. The number of benzene rings is 1. The summed E-state index contributed by atoms with van der Waals surface area (Å²) in [7, 11) is 0. The van der Waals surface area contributed by atoms with Crippen LogP contribution in [-0.4, -0.2) is 41.8 Å². The first-order chi connectivity index (χ1) is 12.7. The molecule has 1 heterocycles. The topological polar surface area (TPSA) is 63.5 Å². The Morgan fingerprint density at radius 3 is 2.74 bits per heavy atom. The van der Waals surface area contributed by atoms with E-state index in [9.17, 15) is 0 Å². The number of aryl methyl sites for hydroxylation is 1. The third kappa shape index (κ3) is 8.75. The largest absolute Gasteiger partial charge is 0.382 e. The molecule has 0 aliphatic rings. The lowest BCUT2D eigenvalue weighted by molar-refractivity contribution is 0.145. The summed E-state index contributed by atoms with van der Waals surface area (Å²) in [6.45, 7) is 10.8. The van der Waals surface area contributed by atoms with Gasteiger partial charge < -0.3 is 19.9 Å². The predicted molar refractivity (Wildman–Crippen MR) is 122 cm³/mol. The Balaban J connectivity index is 0.00000364. The van der Waals surface area contributed by atoms with E-state index in [4.69, 9.17) is 9.73 Å². The molecule has 1 aromatic carbocycles. The molecule has 2 aromatic rings. The number of halogens is 1. The third-order valence-electron chi connectivity index (χ3n) is 3.99. The van der Waals surface area contributed by atoms with Crippen LogP contribution >= 0.6 is 24.0 Å². The van der Waals surface area contributed by atoms with E-state index in [-0.39, 0.29) is 24.0 Å². The van der Waals surface area contributed by atoms with Gasteiger partial charge in [0.2, 0.25) is 0 Å². The molecule has 2 N–H and O–H groups in total. The van der Waals surface area contributed by atoms with Crippen LogP contribution in [0.15, 0.2) is 41.7 Å². The van der Waals surface area contributed by atoms with E-state index >= 15 is 0 Å². The van der Waals surface area contributed by atoms with Crippen LogP contribution in [0.1, 0.15) is 37.2 Å². The first kappa shape index (κ1) is 23.4. The van der Waals surface area contributed by atoms with Gasteiger partial charge in [-0.25, -0.2) is 9.98 Å². The summed E-state index contributed by atoms with van der Waals surface area (Å²) in [6, 6.07) is 8.56. The highest BCUT2D eigenvalue weighted by molar-refractivity contribution is 14.0. The minimum atomic E-state index is 0. The fraction of sp³-hybridized carbons (Fsp3) is 0.500. The molecule has 2 rings (SSSR count). The van der Waals surface area contributed by atoms with Gasteiger partial charge in [0.25, 0.3) is 0 Å². The lowest BCUT2D eigenvalue weighted by atomic mass is 10.1. The molecule has 0 fully saturated rings. The van der Waals surface area contributed by atoms with Crippen molar-refractivity contribution in [2.24, 2.45) is 4.99 Å². The highest BCUT2D eigenvalue weighted by Gasteiger charge is 2.01. The molecule has 7 heteroatoms. The number of guanidine groups is 1. The lowest BCUT2D eigenvalue weighted by Gasteiger charge is -2.11. The van der Waals surface area contributed by atoms with Crippen molar-refractivity contribution in [3.8, 4) is 0 Å². The van der Waals surface area contributed by atoms with E-state index in [0.717, 1.165) is 51.1 Å². The van der Waals surface area contributed by atoms with Gasteiger partial charge in [-0.3, -0.25) is 0 Å². The lowest BCUT2D eigenvalue weighted by Crippen LogP contribution is -2.38. The smallest absolute Gasteiger partial charge is 0.191 e. The van der Waals surface area contributed by atoms with Crippen molar-refractivity contribution in [1.29, 1.82) is 0 Å². The molecule has 0 saturated heterocycles. The molecule has 0 spiro atoms. The number of hydrogen-bond acceptors (Lipinski definition) is 3. The molecular formula is C20H32IN5O. The number of aromatic nitrogens is 2. The number of nitrogens with zero attached hydrogens (tertiary/aromatic N) is 3. The molecule has 0 amide bonds. The van der Waals surface area contributed by atoms with Crippen LogP contribution in [0.2, 0.25) is 0 Å². The van der Waals surface area contributed by atoms with Crippen molar-refractivity contribution < 1.29 is 4.74 Å². The third-order valence-corrected chi connectivity index (χ3v) is 3.99. The minimum Gasteiger partial charge on any atom is -0.382 e. The second-order valence-corrected chi connectivity index (χ2v) is 6.09. The maximum Gasteiger partial charge on any atom is 0.191 e. The number of rotatable bonds is 10. The summed E-state index contributed by atoms with van der Waals surface area (Å²) in [5, 5.41) is 6.64. The molecular weight excluding hydrogens is 453 g/mol. The van der Waals surface area contributed by atoms with Crippen molar-refractivity contribution in [2.75, 3.05) is 26.3 Å². The van der Waals surface area contributed by atoms with Gasteiger partial charge >= 0.3 is 0 Å². The summed E-state index contributed by atoms with van der Waals surface area (Å²) >= 11 is 0. The fourth-order valence-electron chi connectivity index (χ4n) is 2.63. The quantitative estimate of drug-likeness (QED) is 0.235. The van der Waals surface area contributed by atoms with Gasteiger partial charge in [0.15, 0.2) is 5.96 Å². The maximum atomic E-state index is 5.36. The van der Waals surface area contributed by atoms with Crippen molar-refractivity contribution in [3.63, 3.8) is 0 Å². The maximum absolute atomic E-state index is 5.36. The predicted octanol–water partition coefficient (Wildman–Crippen LogP) is 3.34. The Kier molecular flexibility index (Phi) is 11.8. The van der Waals surface area contributed by atoms with Crippen LogP contribution < -0.4 is 10.6 Å². The highest BCUT2D eigenvalue weighted by atomic mass is 127. The van der Waals surface area contributed by atoms with Crippen LogP contribution in [-0.2, 0) is 17.8 Å². The monoisotopic (exact) mass is 485 g/mol. The van der Waals surface area contributed by atoms with E-state index in [0.29, 0.717) is 6.54 Å². The molecule has 0 unspecified atom stereocenters. The molecule has 0 saturated carbocycles. The van der Waals surface area contributed by atoms with Gasteiger partial charge in [0, 0.05) is 45.2 Å². The molecule has 0 aliphatic carbocycles. The van der Waals surface area contributed by atoms with E-state index in [1.807, 2.05) is 26.2 Å². The van der Waals surface area contributed by atoms with E-state index < -0.39 is 0 Å². The van der Waals surface area contributed by atoms with E-state index in [1.54, 1.807) is 0 Å². The molecule has 6 nitrogen and oxygen atoms in total. The first-order valence-electron chi connectivity index (χ1n) is 9.38. The number of ether oxygens (including phenoxy) is 1. The minimum absolute atomic E-state index is 0. The summed E-state index contributed by atoms with van der Waals surface area (Å²) < 4.78 is 7.51. The van der Waals surface area contributed by atoms with Crippen molar-refractivity contribution >= 4 is 29.9 Å². The van der Waals surface area contributed by atoms with Gasteiger partial charge in [-0.1, -0.05) is 24.3 Å². The molecule has 1 aromatic heterocycles. The second-order valence-electron chi connectivity index (χ2n) is 6.09. The fourth-order valence-corrected chi connectivity index (χ4v) is 2.63. The van der Waals surface area contributed by atoms with E-state index in [1.165, 1.54) is 11.1 Å². The molecule has 0 radical (unpaired) electrons. The van der Waals surface area contributed by atoms with Gasteiger partial charge in [-0.05, 0) is 38.3 Å². The Morgan fingerprint density at radius 1 is 1.22 bits per heavy atom. The summed E-state index contributed by atoms with van der Waals surface area (Å²) in [6.07, 6.45) is 4.82. The van der Waals surface area contributed by atoms with Crippen LogP contribution in [0.4, 0.5) is 0 Å². The van der Waals surface area contributed by atoms with Crippen molar-refractivity contribution in [1.82, 2.24) is 20.2 Å². The van der Waals surface area contributed by atoms with Crippen LogP contribution in [0.3, 0.4) is 0 Å². The second kappa shape index (κ2) is 13.5. The summed E-state index contributed by atoms with van der Waals surface area (Å²) in [4.78, 5) is 8.97. The zero-order valence-corrected chi connectivity index (χ0v) is 18.9. The molecule has 0 atom stereocenters. The molecule has 0 bridgehead atoms. The zero-order valence-electron chi connectivity index (χ0n) is 16.6. The Morgan fingerprint density at radius 2 is 2.04 bits per heavy atom. The number of nitrogens with one attached hydrogen (secondary N) is 2. The standard InChI is InChI=1S/C20H31N5O.HI/c1-4-21-20(23-10-7-13-26-5-2)24-15-18-8-6-9-19(14-18)16-25-12-11-22-17(25)3;/h6,8-9,11-12,14H,4-5,7,10,13,15-16H2,1-3H3,(H2,21,23,24);1H. The molecule has 0 aliphatic heterocycles. The van der Waals surface area contributed by atoms with Gasteiger partial charge in [-0.15, -0.1) is 24.0 Å². The van der Waals surface area contributed by atoms with Gasteiger partial charge in [0.05, 0.1) is 6.54 Å². The first-order valence-corrected chi connectivity index (χ1v) is 9.38. The Labute approximate surface area is 179 Å². The van der Waals surface area contributed by atoms with Gasteiger partial charge in [0.1, 0.15) is 5.82 Å². The number of aliphatic imine (C=N–C) groups is 1. The van der Waals surface area contributed by atoms with Crippen LogP contribution in [0.5, 0.6) is 0 Å². The summed E-state index contributed by atoms with van der Waals surface area (Å²) in [5.41, 5.74) is 2.46. The molecule has 150 valence electrons. The average molecular weight is 485 g/mol. The van der Waals surface area contributed by atoms with Crippen LogP contribution in [0, 0.1) is 6.92 Å². The summed E-state index contributed by atoms with van der Waals surface area (Å²) in [5.74, 6) is 1.87. The van der Waals surface area contributed by atoms with Gasteiger partial charge in [-0.2, -0.15) is 0 Å². The van der Waals surface area contributed by atoms with Crippen molar-refractivity contribution in [2.45, 2.75) is 40.3 Å². The van der Waals surface area contributed by atoms with Crippen LogP contribution in [0.25, 0.3) is 0 Å². The number of imidazole rings is 1.